The predicted molar refractivity (Wildman–Crippen MR) is 92.6 cm³/mol. The third-order valence-electron chi connectivity index (χ3n) is 2.94. The van der Waals surface area contributed by atoms with Crippen LogP contribution in [0.4, 0.5) is 15.8 Å². The Hall–Kier alpha value is -2.58. The summed E-state index contributed by atoms with van der Waals surface area (Å²) in [5.41, 5.74) is 0.233. The van der Waals surface area contributed by atoms with Crippen molar-refractivity contribution in [2.75, 3.05) is 5.32 Å². The first-order valence-electron chi connectivity index (χ1n) is 6.64. The maximum atomic E-state index is 13.6. The van der Waals surface area contributed by atoms with Crippen molar-refractivity contribution in [1.29, 1.82) is 0 Å². The highest BCUT2D eigenvalue weighted by Crippen LogP contribution is 2.21. The van der Waals surface area contributed by atoms with Crippen molar-refractivity contribution in [3.05, 3.63) is 69.0 Å². The number of amides is 1. The molecule has 124 valence electrons. The van der Waals surface area contributed by atoms with E-state index in [1.165, 1.54) is 0 Å². The van der Waals surface area contributed by atoms with Gasteiger partial charge in [-0.3, -0.25) is 14.9 Å². The summed E-state index contributed by atoms with van der Waals surface area (Å²) in [4.78, 5) is 21.9. The van der Waals surface area contributed by atoms with Crippen LogP contribution in [0.1, 0.15) is 5.56 Å². The Morgan fingerprint density at radius 2 is 1.92 bits per heavy atom. The number of hydrogen-bond donors (Lipinski definition) is 2. The molecule has 0 radical (unpaired) electrons. The summed E-state index contributed by atoms with van der Waals surface area (Å²) < 4.78 is 13.6. The van der Waals surface area contributed by atoms with Crippen molar-refractivity contribution in [3.8, 4) is 0 Å². The molecule has 0 aliphatic rings. The van der Waals surface area contributed by atoms with Crippen molar-refractivity contribution in [2.45, 2.75) is 6.42 Å². The van der Waals surface area contributed by atoms with Gasteiger partial charge in [0.2, 0.25) is 5.91 Å². The lowest BCUT2D eigenvalue weighted by Crippen LogP contribution is -2.35. The standard InChI is InChI=1S/C15H11ClFN3O3S/c16-10-3-1-9(2-4-10)7-14(21)19-15(24)18-13-8-11(20(22)23)5-6-12(13)17/h1-6,8H,7H2,(H2,18,19,21,24). The number of nitro groups is 1. The van der Waals surface area contributed by atoms with Gasteiger partial charge < -0.3 is 10.6 Å². The summed E-state index contributed by atoms with van der Waals surface area (Å²) in [6.45, 7) is 0. The molecule has 0 heterocycles. The van der Waals surface area contributed by atoms with Crippen molar-refractivity contribution in [3.63, 3.8) is 0 Å². The lowest BCUT2D eigenvalue weighted by atomic mass is 10.1. The van der Waals surface area contributed by atoms with E-state index < -0.39 is 16.6 Å². The largest absolute Gasteiger partial charge is 0.330 e. The van der Waals surface area contributed by atoms with E-state index in [0.717, 1.165) is 23.8 Å². The van der Waals surface area contributed by atoms with Gasteiger partial charge in [0.1, 0.15) is 5.82 Å². The Morgan fingerprint density at radius 1 is 1.25 bits per heavy atom. The summed E-state index contributed by atoms with van der Waals surface area (Å²) in [7, 11) is 0. The third kappa shape index (κ3) is 4.97. The minimum Gasteiger partial charge on any atom is -0.330 e. The maximum Gasteiger partial charge on any atom is 0.271 e. The maximum absolute atomic E-state index is 13.6. The Morgan fingerprint density at radius 3 is 2.54 bits per heavy atom. The fraction of sp³-hybridized carbons (Fsp3) is 0.0667. The number of benzene rings is 2. The molecule has 0 saturated carbocycles. The molecular formula is C15H11ClFN3O3S. The van der Waals surface area contributed by atoms with Crippen LogP contribution >= 0.6 is 23.8 Å². The summed E-state index contributed by atoms with van der Waals surface area (Å²) in [6.07, 6.45) is 0.0520. The zero-order chi connectivity index (χ0) is 17.7. The minimum atomic E-state index is -0.727. The highest BCUT2D eigenvalue weighted by Gasteiger charge is 2.13. The number of nitro benzene ring substituents is 1. The van der Waals surface area contributed by atoms with E-state index in [1.54, 1.807) is 24.3 Å². The van der Waals surface area contributed by atoms with Crippen molar-refractivity contribution in [2.24, 2.45) is 0 Å². The summed E-state index contributed by atoms with van der Waals surface area (Å²) in [5.74, 6) is -1.14. The molecule has 2 N–H and O–H groups in total. The van der Waals surface area contributed by atoms with Crippen molar-refractivity contribution >= 4 is 46.2 Å². The van der Waals surface area contributed by atoms with Gasteiger partial charge in [0.05, 0.1) is 17.0 Å². The number of carbonyl (C=O) groups excluding carboxylic acids is 1. The van der Waals surface area contributed by atoms with Gasteiger partial charge in [0, 0.05) is 17.2 Å². The SMILES string of the molecule is O=C(Cc1ccc(Cl)cc1)NC(=S)Nc1cc([N+](=O)[O-])ccc1F. The van der Waals surface area contributed by atoms with Crippen LogP contribution in [0.2, 0.25) is 5.02 Å². The van der Waals surface area contributed by atoms with Gasteiger partial charge in [-0.15, -0.1) is 0 Å². The minimum absolute atomic E-state index is 0.0520. The molecule has 0 aliphatic heterocycles. The number of anilines is 1. The van der Waals surface area contributed by atoms with Crippen LogP contribution in [0.25, 0.3) is 0 Å². The fourth-order valence-corrected chi connectivity index (χ4v) is 2.18. The highest BCUT2D eigenvalue weighted by atomic mass is 35.5. The number of hydrogen-bond acceptors (Lipinski definition) is 4. The molecule has 0 unspecified atom stereocenters. The molecule has 0 saturated heterocycles. The molecule has 0 aliphatic carbocycles. The molecule has 0 aromatic heterocycles. The van der Waals surface area contributed by atoms with E-state index in [9.17, 15) is 19.3 Å². The highest BCUT2D eigenvalue weighted by molar-refractivity contribution is 7.80. The molecule has 6 nitrogen and oxygen atoms in total. The zero-order valence-corrected chi connectivity index (χ0v) is 13.7. The molecule has 0 atom stereocenters. The molecule has 1 amide bonds. The summed E-state index contributed by atoms with van der Waals surface area (Å²) >= 11 is 10.7. The molecule has 9 heteroatoms. The van der Waals surface area contributed by atoms with Gasteiger partial charge in [-0.1, -0.05) is 23.7 Å². The van der Waals surface area contributed by atoms with Crippen LogP contribution in [0.5, 0.6) is 0 Å². The number of nitrogens with zero attached hydrogens (tertiary/aromatic N) is 1. The molecule has 2 rings (SSSR count). The van der Waals surface area contributed by atoms with Crippen LogP contribution in [0.15, 0.2) is 42.5 Å². The van der Waals surface area contributed by atoms with Crippen LogP contribution in [-0.2, 0) is 11.2 Å². The molecule has 2 aromatic rings. The molecule has 24 heavy (non-hydrogen) atoms. The fourth-order valence-electron chi connectivity index (χ4n) is 1.83. The number of rotatable bonds is 4. The number of carbonyl (C=O) groups is 1. The van der Waals surface area contributed by atoms with Crippen LogP contribution in [0.3, 0.4) is 0 Å². The van der Waals surface area contributed by atoms with Crippen molar-refractivity contribution < 1.29 is 14.1 Å². The monoisotopic (exact) mass is 367 g/mol. The second-order valence-corrected chi connectivity index (χ2v) is 5.57. The third-order valence-corrected chi connectivity index (χ3v) is 3.40. The zero-order valence-electron chi connectivity index (χ0n) is 12.1. The van der Waals surface area contributed by atoms with Gasteiger partial charge in [0.15, 0.2) is 5.11 Å². The van der Waals surface area contributed by atoms with Crippen molar-refractivity contribution in [1.82, 2.24) is 5.32 Å². The summed E-state index contributed by atoms with van der Waals surface area (Å²) in [6, 6.07) is 9.66. The second-order valence-electron chi connectivity index (χ2n) is 4.73. The van der Waals surface area contributed by atoms with E-state index in [4.69, 9.17) is 23.8 Å². The van der Waals surface area contributed by atoms with E-state index in [1.807, 2.05) is 0 Å². The predicted octanol–water partition coefficient (Wildman–Crippen LogP) is 3.44. The van der Waals surface area contributed by atoms with Crippen LogP contribution < -0.4 is 10.6 Å². The van der Waals surface area contributed by atoms with Gasteiger partial charge in [-0.2, -0.15) is 0 Å². The average molecular weight is 368 g/mol. The Labute approximate surface area is 146 Å². The summed E-state index contributed by atoms with van der Waals surface area (Å²) in [5, 5.41) is 15.9. The lowest BCUT2D eigenvalue weighted by Gasteiger charge is -2.10. The van der Waals surface area contributed by atoms with Gasteiger partial charge in [0.25, 0.3) is 5.69 Å². The topological polar surface area (TPSA) is 84.3 Å². The second kappa shape index (κ2) is 7.80. The first-order valence-corrected chi connectivity index (χ1v) is 7.43. The van der Waals surface area contributed by atoms with E-state index in [-0.39, 0.29) is 22.9 Å². The number of nitrogens with one attached hydrogen (secondary N) is 2. The lowest BCUT2D eigenvalue weighted by molar-refractivity contribution is -0.384. The molecule has 0 bridgehead atoms. The molecular weight excluding hydrogens is 357 g/mol. The van der Waals surface area contributed by atoms with Crippen LogP contribution in [0, 0.1) is 15.9 Å². The molecule has 0 fully saturated rings. The van der Waals surface area contributed by atoms with E-state index in [0.29, 0.717) is 5.02 Å². The average Bonchev–Trinajstić information content (AvgIpc) is 2.51. The number of thiocarbonyl (C=S) groups is 1. The first kappa shape index (κ1) is 17.8. The van der Waals surface area contributed by atoms with Gasteiger partial charge in [-0.05, 0) is 36.0 Å². The molecule has 2 aromatic carbocycles. The smallest absolute Gasteiger partial charge is 0.271 e. The van der Waals surface area contributed by atoms with Crippen LogP contribution in [-0.4, -0.2) is 15.9 Å². The molecule has 0 spiro atoms. The Kier molecular flexibility index (Phi) is 5.78. The van der Waals surface area contributed by atoms with E-state index >= 15 is 0 Å². The van der Waals surface area contributed by atoms with E-state index in [2.05, 4.69) is 10.6 Å². The first-order chi connectivity index (χ1) is 11.3. The quantitative estimate of drug-likeness (QED) is 0.491. The Balaban J connectivity index is 1.97. The van der Waals surface area contributed by atoms with Gasteiger partial charge >= 0.3 is 0 Å². The number of non-ortho nitro benzene ring substituents is 1. The number of halogens is 2. The Bertz CT molecular complexity index is 799. The van der Waals surface area contributed by atoms with Gasteiger partial charge in [-0.25, -0.2) is 4.39 Å². The normalized spacial score (nSPS) is 10.1.